The summed E-state index contributed by atoms with van der Waals surface area (Å²) in [5.74, 6) is 5.23. The second-order valence-electron chi connectivity index (χ2n) is 3.27. The van der Waals surface area contributed by atoms with Crippen molar-refractivity contribution in [2.75, 3.05) is 19.6 Å². The molecule has 1 unspecified atom stereocenters. The van der Waals surface area contributed by atoms with Gasteiger partial charge in [0.05, 0.1) is 6.54 Å². The Morgan fingerprint density at radius 1 is 1.36 bits per heavy atom. The fourth-order valence-electron chi connectivity index (χ4n) is 1.34. The van der Waals surface area contributed by atoms with Gasteiger partial charge in [-0.2, -0.15) is 0 Å². The molecule has 0 saturated heterocycles. The number of carboxylic acid groups (broad SMARTS) is 1. The molecule has 1 atom stereocenters. The highest BCUT2D eigenvalue weighted by atomic mass is 16.4. The molecular weight excluding hydrogens is 180 g/mol. The van der Waals surface area contributed by atoms with Crippen molar-refractivity contribution in [3.8, 4) is 11.8 Å². The maximum Gasteiger partial charge on any atom is 0.320 e. The largest absolute Gasteiger partial charge is 0.480 e. The van der Waals surface area contributed by atoms with Crippen LogP contribution in [0.2, 0.25) is 0 Å². The first kappa shape index (κ1) is 11.0. The first-order chi connectivity index (χ1) is 6.80. The van der Waals surface area contributed by atoms with E-state index in [-0.39, 0.29) is 0 Å². The number of carboxylic acids is 1. The number of carbonyl (C=O) groups is 1. The summed E-state index contributed by atoms with van der Waals surface area (Å²) in [6.45, 7) is 2.14. The lowest BCUT2D eigenvalue weighted by Gasteiger charge is -2.13. The van der Waals surface area contributed by atoms with Crippen molar-refractivity contribution in [1.82, 2.24) is 10.6 Å². The molecule has 0 saturated carbocycles. The number of nitrogens with one attached hydrogen (secondary N) is 2. The van der Waals surface area contributed by atoms with Crippen LogP contribution in [0.3, 0.4) is 0 Å². The molecule has 1 aliphatic rings. The van der Waals surface area contributed by atoms with Gasteiger partial charge in [0, 0.05) is 19.5 Å². The molecule has 1 heterocycles. The minimum atomic E-state index is -0.766. The van der Waals surface area contributed by atoms with E-state index in [1.807, 2.05) is 0 Å². The second kappa shape index (κ2) is 6.41. The standard InChI is InChI=1S/C10H16N2O2/c13-10(14)9-5-3-1-2-4-6-11-7-8-12-9/h9,11-12H,1,3,5-8H2,(H,13,14). The molecule has 14 heavy (non-hydrogen) atoms. The molecule has 0 radical (unpaired) electrons. The van der Waals surface area contributed by atoms with E-state index in [4.69, 9.17) is 5.11 Å². The van der Waals surface area contributed by atoms with Gasteiger partial charge in [0.15, 0.2) is 0 Å². The highest BCUT2D eigenvalue weighted by Gasteiger charge is 2.15. The van der Waals surface area contributed by atoms with Crippen LogP contribution in [0, 0.1) is 11.8 Å². The van der Waals surface area contributed by atoms with E-state index in [9.17, 15) is 4.79 Å². The van der Waals surface area contributed by atoms with Gasteiger partial charge in [-0.3, -0.25) is 4.79 Å². The molecule has 3 N–H and O–H groups in total. The summed E-state index contributed by atoms with van der Waals surface area (Å²) in [7, 11) is 0. The van der Waals surface area contributed by atoms with Gasteiger partial charge in [-0.15, -0.1) is 5.92 Å². The van der Waals surface area contributed by atoms with Crippen LogP contribution < -0.4 is 10.6 Å². The van der Waals surface area contributed by atoms with E-state index in [0.717, 1.165) is 19.4 Å². The molecule has 78 valence electrons. The van der Waals surface area contributed by atoms with Crippen molar-refractivity contribution in [3.05, 3.63) is 0 Å². The summed E-state index contributed by atoms with van der Waals surface area (Å²) < 4.78 is 0. The fourth-order valence-corrected chi connectivity index (χ4v) is 1.34. The minimum absolute atomic E-state index is 0.420. The maximum absolute atomic E-state index is 10.8. The van der Waals surface area contributed by atoms with Gasteiger partial charge < -0.3 is 15.7 Å². The van der Waals surface area contributed by atoms with Gasteiger partial charge in [-0.05, 0) is 12.8 Å². The predicted octanol–water partition coefficient (Wildman–Crippen LogP) is -0.194. The zero-order chi connectivity index (χ0) is 10.2. The van der Waals surface area contributed by atoms with Crippen LogP contribution in [0.15, 0.2) is 0 Å². The summed E-state index contributed by atoms with van der Waals surface area (Å²) >= 11 is 0. The summed E-state index contributed by atoms with van der Waals surface area (Å²) in [5, 5.41) is 15.0. The molecule has 4 nitrogen and oxygen atoms in total. The Labute approximate surface area is 84.1 Å². The molecule has 1 rings (SSSR count). The third-order valence-corrected chi connectivity index (χ3v) is 2.12. The Kier molecular flexibility index (Phi) is 5.05. The molecule has 0 aromatic rings. The molecule has 0 amide bonds. The number of hydrogen-bond donors (Lipinski definition) is 3. The van der Waals surface area contributed by atoms with Crippen LogP contribution in [0.25, 0.3) is 0 Å². The van der Waals surface area contributed by atoms with Crippen molar-refractivity contribution < 1.29 is 9.90 Å². The SMILES string of the molecule is O=C(O)C1CCCC#CCNCCN1. The van der Waals surface area contributed by atoms with Crippen LogP contribution in [-0.4, -0.2) is 36.8 Å². The lowest BCUT2D eigenvalue weighted by molar-refractivity contribution is -0.139. The smallest absolute Gasteiger partial charge is 0.320 e. The van der Waals surface area contributed by atoms with Gasteiger partial charge in [-0.25, -0.2) is 0 Å². The molecule has 1 aliphatic heterocycles. The van der Waals surface area contributed by atoms with E-state index in [1.54, 1.807) is 0 Å². The summed E-state index contributed by atoms with van der Waals surface area (Å²) in [6, 6.07) is -0.420. The van der Waals surface area contributed by atoms with E-state index >= 15 is 0 Å². The van der Waals surface area contributed by atoms with Crippen molar-refractivity contribution in [1.29, 1.82) is 0 Å². The summed E-state index contributed by atoms with van der Waals surface area (Å²) in [4.78, 5) is 10.8. The summed E-state index contributed by atoms with van der Waals surface area (Å²) in [5.41, 5.74) is 0. The molecule has 0 aliphatic carbocycles. The maximum atomic E-state index is 10.8. The minimum Gasteiger partial charge on any atom is -0.480 e. The van der Waals surface area contributed by atoms with Crippen molar-refractivity contribution in [2.45, 2.75) is 25.3 Å². The molecule has 4 heteroatoms. The van der Waals surface area contributed by atoms with Gasteiger partial charge in [0.25, 0.3) is 0 Å². The Bertz CT molecular complexity index is 242. The van der Waals surface area contributed by atoms with Gasteiger partial charge in [0.2, 0.25) is 0 Å². The van der Waals surface area contributed by atoms with E-state index in [0.29, 0.717) is 19.5 Å². The van der Waals surface area contributed by atoms with Crippen LogP contribution in [0.4, 0.5) is 0 Å². The Morgan fingerprint density at radius 3 is 3.00 bits per heavy atom. The monoisotopic (exact) mass is 196 g/mol. The Balaban J connectivity index is 2.40. The van der Waals surface area contributed by atoms with Crippen LogP contribution in [0.1, 0.15) is 19.3 Å². The van der Waals surface area contributed by atoms with E-state index in [2.05, 4.69) is 22.5 Å². The fraction of sp³-hybridized carbons (Fsp3) is 0.700. The van der Waals surface area contributed by atoms with Crippen LogP contribution in [0.5, 0.6) is 0 Å². The highest BCUT2D eigenvalue weighted by Crippen LogP contribution is 2.00. The molecule has 0 bridgehead atoms. The van der Waals surface area contributed by atoms with E-state index in [1.165, 1.54) is 0 Å². The lowest BCUT2D eigenvalue weighted by Crippen LogP contribution is -2.40. The first-order valence-electron chi connectivity index (χ1n) is 4.93. The molecule has 0 aromatic heterocycles. The topological polar surface area (TPSA) is 61.4 Å². The van der Waals surface area contributed by atoms with Gasteiger partial charge >= 0.3 is 5.97 Å². The third kappa shape index (κ3) is 4.26. The molecule has 0 fully saturated rings. The predicted molar refractivity (Wildman–Crippen MR) is 53.9 cm³/mol. The zero-order valence-electron chi connectivity index (χ0n) is 8.18. The first-order valence-corrected chi connectivity index (χ1v) is 4.93. The molecular formula is C10H16N2O2. The van der Waals surface area contributed by atoms with Crippen molar-refractivity contribution >= 4 is 5.97 Å². The van der Waals surface area contributed by atoms with E-state index < -0.39 is 12.0 Å². The second-order valence-corrected chi connectivity index (χ2v) is 3.27. The number of hydrogen-bond acceptors (Lipinski definition) is 3. The quantitative estimate of drug-likeness (QED) is 0.509. The molecule has 0 spiro atoms. The molecule has 0 aromatic carbocycles. The zero-order valence-corrected chi connectivity index (χ0v) is 8.18. The van der Waals surface area contributed by atoms with Gasteiger partial charge in [-0.1, -0.05) is 5.92 Å². The average Bonchev–Trinajstić information content (AvgIpc) is 2.21. The number of aliphatic carboxylic acids is 1. The van der Waals surface area contributed by atoms with Crippen molar-refractivity contribution in [2.24, 2.45) is 0 Å². The van der Waals surface area contributed by atoms with Crippen LogP contribution in [-0.2, 0) is 4.79 Å². The third-order valence-electron chi connectivity index (χ3n) is 2.12. The van der Waals surface area contributed by atoms with Gasteiger partial charge in [0.1, 0.15) is 6.04 Å². The number of rotatable bonds is 1. The average molecular weight is 196 g/mol. The van der Waals surface area contributed by atoms with Crippen molar-refractivity contribution in [3.63, 3.8) is 0 Å². The normalized spacial score (nSPS) is 24.1. The Hall–Kier alpha value is -1.05. The lowest BCUT2D eigenvalue weighted by atomic mass is 10.1. The van der Waals surface area contributed by atoms with Crippen LogP contribution >= 0.6 is 0 Å². The summed E-state index contributed by atoms with van der Waals surface area (Å²) in [6.07, 6.45) is 2.29. The highest BCUT2D eigenvalue weighted by molar-refractivity contribution is 5.73. The Morgan fingerprint density at radius 2 is 2.21 bits per heavy atom.